The summed E-state index contributed by atoms with van der Waals surface area (Å²) in [5.41, 5.74) is 2.05. The maximum Gasteiger partial charge on any atom is 0.361 e. The van der Waals surface area contributed by atoms with E-state index in [0.717, 1.165) is 16.2 Å². The average Bonchev–Trinajstić information content (AvgIpc) is 3.13. The fourth-order valence-electron chi connectivity index (χ4n) is 2.53. The van der Waals surface area contributed by atoms with Gasteiger partial charge in [0.2, 0.25) is 5.89 Å². The minimum Gasteiger partial charge on any atom is -0.451 e. The Morgan fingerprint density at radius 3 is 2.52 bits per heavy atom. The number of nitrogens with zero attached hydrogens (tertiary/aromatic N) is 1. The number of thioether (sulfide) groups is 1. The molecule has 3 rings (SSSR count). The maximum atomic E-state index is 12.2. The van der Waals surface area contributed by atoms with Gasteiger partial charge in [0, 0.05) is 22.8 Å². The fraction of sp³-hybridized carbons (Fsp3) is 0.227. The Balaban J connectivity index is 1.42. The van der Waals surface area contributed by atoms with Crippen LogP contribution in [0.25, 0.3) is 11.5 Å². The van der Waals surface area contributed by atoms with Crippen LogP contribution in [-0.4, -0.2) is 35.8 Å². The van der Waals surface area contributed by atoms with Crippen molar-refractivity contribution < 1.29 is 18.7 Å². The number of hydrogen-bond acceptors (Lipinski definition) is 6. The van der Waals surface area contributed by atoms with Gasteiger partial charge in [-0.2, -0.15) is 0 Å². The summed E-state index contributed by atoms with van der Waals surface area (Å²) < 4.78 is 10.6. The van der Waals surface area contributed by atoms with Crippen LogP contribution in [0.4, 0.5) is 0 Å². The molecule has 150 valence electrons. The van der Waals surface area contributed by atoms with Gasteiger partial charge in [-0.3, -0.25) is 4.79 Å². The smallest absolute Gasteiger partial charge is 0.361 e. The van der Waals surface area contributed by atoms with Crippen LogP contribution >= 0.6 is 11.8 Å². The molecule has 1 N–H and O–H groups in total. The Kier molecular flexibility index (Phi) is 7.08. The number of rotatable bonds is 8. The van der Waals surface area contributed by atoms with Gasteiger partial charge in [0.15, 0.2) is 12.3 Å². The summed E-state index contributed by atoms with van der Waals surface area (Å²) in [6, 6.07) is 17.5. The van der Waals surface area contributed by atoms with Crippen LogP contribution < -0.4 is 5.32 Å². The molecule has 1 heterocycles. The molecule has 0 aliphatic carbocycles. The Morgan fingerprint density at radius 2 is 1.79 bits per heavy atom. The summed E-state index contributed by atoms with van der Waals surface area (Å²) in [5.74, 6) is 0.382. The van der Waals surface area contributed by atoms with Crippen molar-refractivity contribution >= 4 is 23.6 Å². The summed E-state index contributed by atoms with van der Waals surface area (Å²) in [6.07, 6.45) is 0. The number of oxazole rings is 1. The fourth-order valence-corrected chi connectivity index (χ4v) is 3.30. The van der Waals surface area contributed by atoms with Crippen LogP contribution in [0, 0.1) is 13.8 Å². The van der Waals surface area contributed by atoms with E-state index in [1.54, 1.807) is 18.7 Å². The number of esters is 1. The molecule has 29 heavy (non-hydrogen) atoms. The van der Waals surface area contributed by atoms with Crippen molar-refractivity contribution in [1.29, 1.82) is 0 Å². The van der Waals surface area contributed by atoms with Crippen molar-refractivity contribution in [2.24, 2.45) is 0 Å². The summed E-state index contributed by atoms with van der Waals surface area (Å²) in [6.45, 7) is 3.80. The molecular weight excluding hydrogens is 388 g/mol. The molecule has 0 radical (unpaired) electrons. The highest BCUT2D eigenvalue weighted by atomic mass is 32.2. The first-order chi connectivity index (χ1) is 14.0. The van der Waals surface area contributed by atoms with Crippen molar-refractivity contribution in [3.63, 3.8) is 0 Å². The van der Waals surface area contributed by atoms with Gasteiger partial charge in [-0.1, -0.05) is 35.9 Å². The number of hydrogen-bond donors (Lipinski definition) is 1. The van der Waals surface area contributed by atoms with Gasteiger partial charge >= 0.3 is 5.97 Å². The Hall–Kier alpha value is -3.06. The SMILES string of the molecule is Cc1ccc(SCCNC(=O)COC(=O)c2nc(-c3ccccc3)oc2C)cc1. The van der Waals surface area contributed by atoms with Gasteiger partial charge in [0.05, 0.1) is 0 Å². The first-order valence-electron chi connectivity index (χ1n) is 9.19. The Bertz CT molecular complexity index is 968. The van der Waals surface area contributed by atoms with E-state index in [1.165, 1.54) is 5.56 Å². The molecule has 3 aromatic rings. The lowest BCUT2D eigenvalue weighted by atomic mass is 10.2. The minimum absolute atomic E-state index is 0.0755. The molecule has 0 aliphatic rings. The van der Waals surface area contributed by atoms with E-state index in [2.05, 4.69) is 22.4 Å². The highest BCUT2D eigenvalue weighted by molar-refractivity contribution is 7.99. The van der Waals surface area contributed by atoms with Crippen LogP contribution in [0.1, 0.15) is 21.8 Å². The average molecular weight is 410 g/mol. The number of aromatic nitrogens is 1. The number of carbonyl (C=O) groups excluding carboxylic acids is 2. The van der Waals surface area contributed by atoms with E-state index < -0.39 is 5.97 Å². The normalized spacial score (nSPS) is 10.6. The number of carbonyl (C=O) groups is 2. The monoisotopic (exact) mass is 410 g/mol. The zero-order valence-electron chi connectivity index (χ0n) is 16.3. The number of benzene rings is 2. The minimum atomic E-state index is -0.683. The second kappa shape index (κ2) is 9.93. The van der Waals surface area contributed by atoms with Gasteiger partial charge in [-0.05, 0) is 38.1 Å². The zero-order chi connectivity index (χ0) is 20.6. The molecule has 6 nitrogen and oxygen atoms in total. The molecule has 0 atom stereocenters. The van der Waals surface area contributed by atoms with E-state index in [4.69, 9.17) is 9.15 Å². The van der Waals surface area contributed by atoms with E-state index in [9.17, 15) is 9.59 Å². The topological polar surface area (TPSA) is 81.4 Å². The molecule has 0 spiro atoms. The molecule has 0 saturated carbocycles. The van der Waals surface area contributed by atoms with Gasteiger partial charge in [-0.15, -0.1) is 11.8 Å². The third-order valence-corrected chi connectivity index (χ3v) is 5.07. The molecule has 7 heteroatoms. The predicted octanol–water partition coefficient (Wildman–Crippen LogP) is 4.02. The highest BCUT2D eigenvalue weighted by Crippen LogP contribution is 2.22. The third kappa shape index (κ3) is 5.96. The summed E-state index contributed by atoms with van der Waals surface area (Å²) in [7, 11) is 0. The highest BCUT2D eigenvalue weighted by Gasteiger charge is 2.20. The number of nitrogens with one attached hydrogen (secondary N) is 1. The van der Waals surface area contributed by atoms with Gasteiger partial charge in [-0.25, -0.2) is 9.78 Å². The van der Waals surface area contributed by atoms with Crippen molar-refractivity contribution in [2.75, 3.05) is 18.9 Å². The van der Waals surface area contributed by atoms with E-state index in [-0.39, 0.29) is 18.2 Å². The Morgan fingerprint density at radius 1 is 1.07 bits per heavy atom. The quantitative estimate of drug-likeness (QED) is 0.343. The number of ether oxygens (including phenoxy) is 1. The first kappa shape index (κ1) is 20.7. The lowest BCUT2D eigenvalue weighted by molar-refractivity contribution is -0.124. The van der Waals surface area contributed by atoms with Crippen molar-refractivity contribution in [3.8, 4) is 11.5 Å². The van der Waals surface area contributed by atoms with Crippen LogP contribution in [0.3, 0.4) is 0 Å². The molecule has 0 unspecified atom stereocenters. The Labute approximate surface area is 173 Å². The van der Waals surface area contributed by atoms with Crippen molar-refractivity contribution in [1.82, 2.24) is 10.3 Å². The largest absolute Gasteiger partial charge is 0.451 e. The summed E-state index contributed by atoms with van der Waals surface area (Å²) in [4.78, 5) is 29.5. The molecule has 1 aromatic heterocycles. The number of amides is 1. The van der Waals surface area contributed by atoms with E-state index in [1.807, 2.05) is 49.4 Å². The molecule has 0 fully saturated rings. The van der Waals surface area contributed by atoms with Crippen LogP contribution in [-0.2, 0) is 9.53 Å². The predicted molar refractivity (Wildman–Crippen MR) is 112 cm³/mol. The maximum absolute atomic E-state index is 12.2. The van der Waals surface area contributed by atoms with E-state index >= 15 is 0 Å². The van der Waals surface area contributed by atoms with Crippen molar-refractivity contribution in [3.05, 3.63) is 71.6 Å². The molecule has 1 amide bonds. The second-order valence-corrected chi connectivity index (χ2v) is 7.55. The molecule has 0 aliphatic heterocycles. The summed E-state index contributed by atoms with van der Waals surface area (Å²) >= 11 is 1.65. The second-order valence-electron chi connectivity index (χ2n) is 6.38. The van der Waals surface area contributed by atoms with Gasteiger partial charge < -0.3 is 14.5 Å². The molecule has 2 aromatic carbocycles. The number of aryl methyl sites for hydroxylation is 2. The lowest BCUT2D eigenvalue weighted by Gasteiger charge is -2.06. The molecular formula is C22H22N2O4S. The molecule has 0 saturated heterocycles. The third-order valence-electron chi connectivity index (χ3n) is 4.06. The lowest BCUT2D eigenvalue weighted by Crippen LogP contribution is -2.30. The van der Waals surface area contributed by atoms with Crippen LogP contribution in [0.2, 0.25) is 0 Å². The van der Waals surface area contributed by atoms with E-state index in [0.29, 0.717) is 18.2 Å². The first-order valence-corrected chi connectivity index (χ1v) is 10.2. The standard InChI is InChI=1S/C22H22N2O4S/c1-15-8-10-18(11-9-15)29-13-12-23-19(25)14-27-22(26)20-16(2)28-21(24-20)17-6-4-3-5-7-17/h3-11H,12-14H2,1-2H3,(H,23,25). The molecule has 0 bridgehead atoms. The van der Waals surface area contributed by atoms with Crippen molar-refractivity contribution in [2.45, 2.75) is 18.7 Å². The summed E-state index contributed by atoms with van der Waals surface area (Å²) in [5, 5.41) is 2.74. The van der Waals surface area contributed by atoms with Crippen LogP contribution in [0.15, 0.2) is 63.9 Å². The zero-order valence-corrected chi connectivity index (χ0v) is 17.1. The van der Waals surface area contributed by atoms with Gasteiger partial charge in [0.25, 0.3) is 5.91 Å². The van der Waals surface area contributed by atoms with Crippen LogP contribution in [0.5, 0.6) is 0 Å². The van der Waals surface area contributed by atoms with Gasteiger partial charge in [0.1, 0.15) is 5.76 Å².